The number of non-ortho nitro benzene ring substituents is 1. The molecule has 0 amide bonds. The maximum atomic E-state index is 11.3. The van der Waals surface area contributed by atoms with Crippen molar-refractivity contribution < 1.29 is 20.1 Å². The molecule has 0 radical (unpaired) electrons. The van der Waals surface area contributed by atoms with E-state index in [4.69, 9.17) is 16.7 Å². The molecule has 3 aromatic carbocycles. The molecule has 0 spiro atoms. The van der Waals surface area contributed by atoms with Gasteiger partial charge in [-0.1, -0.05) is 35.9 Å². The van der Waals surface area contributed by atoms with Gasteiger partial charge in [0.1, 0.15) is 0 Å². The smallest absolute Gasteiger partial charge is 0.305 e. The van der Waals surface area contributed by atoms with Crippen LogP contribution in [0.3, 0.4) is 0 Å². The van der Waals surface area contributed by atoms with Crippen molar-refractivity contribution in [3.8, 4) is 0 Å². The number of fused-ring (bicyclic) bond motifs is 1. The Balaban J connectivity index is 2.03. The van der Waals surface area contributed by atoms with Crippen molar-refractivity contribution in [3.63, 3.8) is 0 Å². The molecule has 0 aliphatic carbocycles. The fourth-order valence-electron chi connectivity index (χ4n) is 2.83. The second kappa shape index (κ2) is 9.43. The fourth-order valence-corrected chi connectivity index (χ4v) is 3.08. The lowest BCUT2D eigenvalue weighted by atomic mass is 10.1. The summed E-state index contributed by atoms with van der Waals surface area (Å²) in [6, 6.07) is 12.2. The first-order valence-corrected chi connectivity index (χ1v) is 9.28. The van der Waals surface area contributed by atoms with Crippen molar-refractivity contribution in [2.24, 2.45) is 10.2 Å². The number of aliphatic hydroxyl groups is 2. The number of azo groups is 1. The summed E-state index contributed by atoms with van der Waals surface area (Å²) in [7, 11) is 0. The Morgan fingerprint density at radius 2 is 1.74 bits per heavy atom. The maximum absolute atomic E-state index is 11.3. The lowest BCUT2D eigenvalue weighted by molar-refractivity contribution is -0.393. The third kappa shape index (κ3) is 4.91. The van der Waals surface area contributed by atoms with Crippen LogP contribution in [0.25, 0.3) is 10.8 Å². The predicted molar refractivity (Wildman–Crippen MR) is 114 cm³/mol. The van der Waals surface area contributed by atoms with Gasteiger partial charge in [-0.15, -0.1) is 10.2 Å². The minimum atomic E-state index is -0.928. The standard InChI is InChI=1S/C19H16ClN5O6/c20-15-7-11(24(28)29)8-18(25(30)31)19(15)23-22-17-6-5-16(21-9-12(27)10-26)13-3-1-2-4-14(13)17/h1-8,12,21,26-27H,9-10H2/t12-/m1/s1. The average Bonchev–Trinajstić information content (AvgIpc) is 2.76. The van der Waals surface area contributed by atoms with Crippen LogP contribution >= 0.6 is 11.6 Å². The molecule has 0 unspecified atom stereocenters. The number of anilines is 1. The number of benzene rings is 3. The minimum Gasteiger partial charge on any atom is -0.394 e. The molecule has 0 aliphatic heterocycles. The first-order chi connectivity index (χ1) is 14.8. The highest BCUT2D eigenvalue weighted by Crippen LogP contribution is 2.40. The Labute approximate surface area is 179 Å². The van der Waals surface area contributed by atoms with Crippen molar-refractivity contribution in [2.75, 3.05) is 18.5 Å². The van der Waals surface area contributed by atoms with Crippen LogP contribution in [0.15, 0.2) is 58.8 Å². The summed E-state index contributed by atoms with van der Waals surface area (Å²) in [6.45, 7) is -0.252. The summed E-state index contributed by atoms with van der Waals surface area (Å²) in [6.07, 6.45) is -0.928. The largest absolute Gasteiger partial charge is 0.394 e. The van der Waals surface area contributed by atoms with Gasteiger partial charge in [0, 0.05) is 29.1 Å². The molecule has 12 heteroatoms. The van der Waals surface area contributed by atoms with Gasteiger partial charge in [-0.3, -0.25) is 20.2 Å². The molecule has 31 heavy (non-hydrogen) atoms. The van der Waals surface area contributed by atoms with E-state index in [1.54, 1.807) is 30.3 Å². The number of halogens is 1. The third-order valence-electron chi connectivity index (χ3n) is 4.33. The third-order valence-corrected chi connectivity index (χ3v) is 4.62. The topological polar surface area (TPSA) is 163 Å². The van der Waals surface area contributed by atoms with E-state index in [0.29, 0.717) is 16.8 Å². The van der Waals surface area contributed by atoms with E-state index in [0.717, 1.165) is 17.5 Å². The number of nitro benzene ring substituents is 2. The summed E-state index contributed by atoms with van der Waals surface area (Å²) >= 11 is 6.00. The number of hydrogen-bond donors (Lipinski definition) is 3. The summed E-state index contributed by atoms with van der Waals surface area (Å²) in [5.41, 5.74) is -0.395. The SMILES string of the molecule is O=[N+]([O-])c1cc(Cl)c(N=Nc2ccc(NC[C@@H](O)CO)c3ccccc23)c([N+](=O)[O-])c1. The maximum Gasteiger partial charge on any atom is 0.305 e. The molecular weight excluding hydrogens is 430 g/mol. The molecule has 3 N–H and O–H groups in total. The highest BCUT2D eigenvalue weighted by molar-refractivity contribution is 6.33. The Kier molecular flexibility index (Phi) is 6.70. The lowest BCUT2D eigenvalue weighted by Crippen LogP contribution is -2.22. The molecule has 3 aromatic rings. The van der Waals surface area contributed by atoms with Crippen LogP contribution in [0.2, 0.25) is 5.02 Å². The monoisotopic (exact) mass is 445 g/mol. The van der Waals surface area contributed by atoms with Crippen LogP contribution in [-0.4, -0.2) is 39.3 Å². The van der Waals surface area contributed by atoms with Gasteiger partial charge in [0.25, 0.3) is 5.69 Å². The Morgan fingerprint density at radius 3 is 2.39 bits per heavy atom. The number of rotatable bonds is 8. The minimum absolute atomic E-state index is 0.131. The fraction of sp³-hybridized carbons (Fsp3) is 0.158. The first-order valence-electron chi connectivity index (χ1n) is 8.90. The van der Waals surface area contributed by atoms with Gasteiger partial charge in [-0.2, -0.15) is 0 Å². The Morgan fingerprint density at radius 1 is 1.03 bits per heavy atom. The highest BCUT2D eigenvalue weighted by atomic mass is 35.5. The van der Waals surface area contributed by atoms with E-state index in [-0.39, 0.29) is 23.9 Å². The van der Waals surface area contributed by atoms with Crippen molar-refractivity contribution in [1.82, 2.24) is 0 Å². The van der Waals surface area contributed by atoms with Crippen LogP contribution in [0, 0.1) is 20.2 Å². The molecule has 0 aliphatic rings. The van der Waals surface area contributed by atoms with Gasteiger partial charge < -0.3 is 15.5 Å². The lowest BCUT2D eigenvalue weighted by Gasteiger charge is -2.13. The summed E-state index contributed by atoms with van der Waals surface area (Å²) in [4.78, 5) is 20.7. The predicted octanol–water partition coefficient (Wildman–Crippen LogP) is 4.49. The quantitative estimate of drug-likeness (QED) is 0.261. The van der Waals surface area contributed by atoms with Gasteiger partial charge in [0.15, 0.2) is 5.69 Å². The molecular formula is C19H16ClN5O6. The van der Waals surface area contributed by atoms with Crippen molar-refractivity contribution >= 4 is 50.8 Å². The van der Waals surface area contributed by atoms with Gasteiger partial charge in [0.2, 0.25) is 0 Å². The average molecular weight is 446 g/mol. The van der Waals surface area contributed by atoms with Crippen molar-refractivity contribution in [3.05, 3.63) is 73.8 Å². The number of nitrogens with one attached hydrogen (secondary N) is 1. The molecule has 3 rings (SSSR count). The van der Waals surface area contributed by atoms with E-state index in [1.165, 1.54) is 0 Å². The Hall–Kier alpha value is -3.67. The summed E-state index contributed by atoms with van der Waals surface area (Å²) in [5.74, 6) is 0. The summed E-state index contributed by atoms with van der Waals surface area (Å²) in [5, 5.41) is 53.0. The van der Waals surface area contributed by atoms with Crippen LogP contribution in [-0.2, 0) is 0 Å². The molecule has 0 saturated heterocycles. The van der Waals surface area contributed by atoms with Gasteiger partial charge in [0.05, 0.1) is 39.3 Å². The van der Waals surface area contributed by atoms with E-state index in [2.05, 4.69) is 15.5 Å². The van der Waals surface area contributed by atoms with Gasteiger partial charge in [-0.25, -0.2) is 0 Å². The molecule has 1 atom stereocenters. The number of aliphatic hydroxyl groups excluding tert-OH is 2. The van der Waals surface area contributed by atoms with Gasteiger partial charge in [-0.05, 0) is 12.1 Å². The van der Waals surface area contributed by atoms with Crippen LogP contribution < -0.4 is 5.32 Å². The second-order valence-electron chi connectivity index (χ2n) is 6.40. The van der Waals surface area contributed by atoms with E-state index in [1.807, 2.05) is 6.07 Å². The molecule has 0 bridgehead atoms. The zero-order valence-corrected chi connectivity index (χ0v) is 16.6. The van der Waals surface area contributed by atoms with Crippen LogP contribution in [0.5, 0.6) is 0 Å². The van der Waals surface area contributed by atoms with Gasteiger partial charge >= 0.3 is 5.69 Å². The number of nitro groups is 2. The number of nitrogens with zero attached hydrogens (tertiary/aromatic N) is 4. The van der Waals surface area contributed by atoms with Crippen LogP contribution in [0.4, 0.5) is 28.4 Å². The molecule has 0 aromatic heterocycles. The van der Waals surface area contributed by atoms with Crippen molar-refractivity contribution in [1.29, 1.82) is 0 Å². The van der Waals surface area contributed by atoms with Crippen LogP contribution in [0.1, 0.15) is 0 Å². The first kappa shape index (κ1) is 22.0. The van der Waals surface area contributed by atoms with Crippen molar-refractivity contribution in [2.45, 2.75) is 6.10 Å². The normalized spacial score (nSPS) is 12.2. The molecule has 0 heterocycles. The number of hydrogen-bond acceptors (Lipinski definition) is 9. The zero-order chi connectivity index (χ0) is 22.5. The summed E-state index contributed by atoms with van der Waals surface area (Å²) < 4.78 is 0. The van der Waals surface area contributed by atoms with E-state index < -0.39 is 27.3 Å². The van der Waals surface area contributed by atoms with E-state index >= 15 is 0 Å². The molecule has 0 saturated carbocycles. The van der Waals surface area contributed by atoms with E-state index in [9.17, 15) is 25.3 Å². The second-order valence-corrected chi connectivity index (χ2v) is 6.81. The zero-order valence-electron chi connectivity index (χ0n) is 15.8. The Bertz CT molecular complexity index is 1190. The molecule has 160 valence electrons. The molecule has 0 fully saturated rings. The highest BCUT2D eigenvalue weighted by Gasteiger charge is 2.23. The molecule has 11 nitrogen and oxygen atoms in total.